The number of hydrogen-bond acceptors (Lipinski definition) is 4. The number of benzene rings is 1. The van der Waals surface area contributed by atoms with Crippen LogP contribution in [-0.4, -0.2) is 33.1 Å². The first-order valence-electron chi connectivity index (χ1n) is 9.91. The average molecular weight is 367 g/mol. The predicted octanol–water partition coefficient (Wildman–Crippen LogP) is 3.25. The number of nitrogens with zero attached hydrogens (tertiary/aromatic N) is 2. The first-order valence-corrected chi connectivity index (χ1v) is 9.91. The molecule has 2 aromatic rings. The number of aromatic nitrogens is 2. The molecule has 144 valence electrons. The van der Waals surface area contributed by atoms with Crippen molar-refractivity contribution < 1.29 is 5.11 Å². The molecule has 5 heteroatoms. The molecule has 0 bridgehead atoms. The highest BCUT2D eigenvalue weighted by molar-refractivity contribution is 5.34. The van der Waals surface area contributed by atoms with Gasteiger partial charge in [-0.25, -0.2) is 4.98 Å². The van der Waals surface area contributed by atoms with E-state index in [9.17, 15) is 9.90 Å². The van der Waals surface area contributed by atoms with Gasteiger partial charge in [0.2, 0.25) is 0 Å². The van der Waals surface area contributed by atoms with Gasteiger partial charge in [-0.05, 0) is 56.5 Å². The number of aromatic amines is 1. The summed E-state index contributed by atoms with van der Waals surface area (Å²) >= 11 is 0. The maximum absolute atomic E-state index is 12.6. The predicted molar refractivity (Wildman–Crippen MR) is 106 cm³/mol. The molecule has 0 radical (unpaired) electrons. The molecular formula is C22H29N3O2. The van der Waals surface area contributed by atoms with Crippen LogP contribution >= 0.6 is 0 Å². The molecule has 1 aliphatic heterocycles. The molecule has 1 aliphatic carbocycles. The van der Waals surface area contributed by atoms with Gasteiger partial charge in [-0.3, -0.25) is 9.69 Å². The molecule has 1 aromatic heterocycles. The van der Waals surface area contributed by atoms with Crippen molar-refractivity contribution in [1.82, 2.24) is 14.9 Å². The summed E-state index contributed by atoms with van der Waals surface area (Å²) in [5.74, 6) is 1.12. The van der Waals surface area contributed by atoms with Crippen LogP contribution in [0.1, 0.15) is 62.7 Å². The van der Waals surface area contributed by atoms with Gasteiger partial charge in [0.15, 0.2) is 0 Å². The number of piperidine rings is 1. The van der Waals surface area contributed by atoms with Crippen molar-refractivity contribution in [2.45, 2.75) is 63.8 Å². The molecule has 0 saturated carbocycles. The lowest BCUT2D eigenvalue weighted by molar-refractivity contribution is 0.149. The van der Waals surface area contributed by atoms with E-state index in [1.807, 2.05) is 12.1 Å². The van der Waals surface area contributed by atoms with E-state index in [0.29, 0.717) is 5.75 Å². The SMILES string of the molecule is CC(C)(C)c1nc2c(c(=O)[nH]1)CCC21CCN(Cc2cccc(O)c2)CC1. The highest BCUT2D eigenvalue weighted by Gasteiger charge is 2.44. The van der Waals surface area contributed by atoms with Gasteiger partial charge in [0.1, 0.15) is 11.6 Å². The topological polar surface area (TPSA) is 69.2 Å². The Morgan fingerprint density at radius 1 is 1.22 bits per heavy atom. The van der Waals surface area contributed by atoms with Crippen molar-refractivity contribution in [2.75, 3.05) is 13.1 Å². The first kappa shape index (κ1) is 18.2. The minimum absolute atomic E-state index is 0.0545. The normalized spacial score (nSPS) is 19.4. The van der Waals surface area contributed by atoms with Crippen LogP contribution < -0.4 is 5.56 Å². The van der Waals surface area contributed by atoms with E-state index in [2.05, 4.69) is 36.7 Å². The molecule has 2 heterocycles. The van der Waals surface area contributed by atoms with Crippen LogP contribution in [-0.2, 0) is 23.8 Å². The van der Waals surface area contributed by atoms with Gasteiger partial charge in [0.25, 0.3) is 5.56 Å². The van der Waals surface area contributed by atoms with Crippen LogP contribution in [0.2, 0.25) is 0 Å². The fraction of sp³-hybridized carbons (Fsp3) is 0.545. The Bertz CT molecular complexity index is 903. The lowest BCUT2D eigenvalue weighted by Crippen LogP contribution is -2.42. The fourth-order valence-corrected chi connectivity index (χ4v) is 4.55. The Morgan fingerprint density at radius 3 is 2.63 bits per heavy atom. The van der Waals surface area contributed by atoms with E-state index in [1.165, 1.54) is 0 Å². The molecule has 0 atom stereocenters. The van der Waals surface area contributed by atoms with Crippen LogP contribution in [0.3, 0.4) is 0 Å². The Kier molecular flexibility index (Phi) is 4.38. The average Bonchev–Trinajstić information content (AvgIpc) is 2.96. The van der Waals surface area contributed by atoms with Gasteiger partial charge in [-0.15, -0.1) is 0 Å². The van der Waals surface area contributed by atoms with Gasteiger partial charge in [-0.1, -0.05) is 32.9 Å². The summed E-state index contributed by atoms with van der Waals surface area (Å²) in [4.78, 5) is 23.0. The number of aromatic hydroxyl groups is 1. The van der Waals surface area contributed by atoms with Crippen LogP contribution in [0.25, 0.3) is 0 Å². The highest BCUT2D eigenvalue weighted by atomic mass is 16.3. The minimum Gasteiger partial charge on any atom is -0.508 e. The summed E-state index contributed by atoms with van der Waals surface area (Å²) in [5, 5.41) is 9.68. The largest absolute Gasteiger partial charge is 0.508 e. The standard InChI is InChI=1S/C22H29N3O2/c1-21(2,3)20-23-18-17(19(27)24-20)7-8-22(18)9-11-25(12-10-22)14-15-5-4-6-16(26)13-15/h4-6,13,26H,7-12,14H2,1-3H3,(H,23,24,27). The zero-order chi connectivity index (χ0) is 19.2. The maximum atomic E-state index is 12.6. The lowest BCUT2D eigenvalue weighted by atomic mass is 9.76. The van der Waals surface area contributed by atoms with Crippen molar-refractivity contribution in [2.24, 2.45) is 0 Å². The quantitative estimate of drug-likeness (QED) is 0.855. The monoisotopic (exact) mass is 367 g/mol. The molecule has 1 spiro atoms. The molecular weight excluding hydrogens is 338 g/mol. The summed E-state index contributed by atoms with van der Waals surface area (Å²) in [6.07, 6.45) is 3.96. The number of phenols is 1. The van der Waals surface area contributed by atoms with E-state index in [4.69, 9.17) is 4.98 Å². The Balaban J connectivity index is 1.55. The number of rotatable bonds is 2. The van der Waals surface area contributed by atoms with Crippen LogP contribution in [0.15, 0.2) is 29.1 Å². The molecule has 0 unspecified atom stereocenters. The van der Waals surface area contributed by atoms with Crippen molar-refractivity contribution in [1.29, 1.82) is 0 Å². The maximum Gasteiger partial charge on any atom is 0.254 e. The molecule has 1 fully saturated rings. The summed E-state index contributed by atoms with van der Waals surface area (Å²) in [6.45, 7) is 9.13. The second-order valence-electron chi connectivity index (χ2n) is 9.22. The van der Waals surface area contributed by atoms with Gasteiger partial charge in [0, 0.05) is 22.9 Å². The number of fused-ring (bicyclic) bond motifs is 2. The van der Waals surface area contributed by atoms with Crippen molar-refractivity contribution >= 4 is 0 Å². The molecule has 2 N–H and O–H groups in total. The molecule has 27 heavy (non-hydrogen) atoms. The van der Waals surface area contributed by atoms with E-state index in [1.54, 1.807) is 6.07 Å². The molecule has 1 aromatic carbocycles. The molecule has 5 nitrogen and oxygen atoms in total. The zero-order valence-corrected chi connectivity index (χ0v) is 16.5. The number of likely N-dealkylation sites (tertiary alicyclic amines) is 1. The van der Waals surface area contributed by atoms with E-state index < -0.39 is 0 Å². The smallest absolute Gasteiger partial charge is 0.254 e. The third-order valence-corrected chi connectivity index (χ3v) is 6.21. The fourth-order valence-electron chi connectivity index (χ4n) is 4.55. The van der Waals surface area contributed by atoms with Crippen LogP contribution in [0, 0.1) is 0 Å². The van der Waals surface area contributed by atoms with E-state index >= 15 is 0 Å². The van der Waals surface area contributed by atoms with Gasteiger partial charge < -0.3 is 10.1 Å². The Hall–Kier alpha value is -2.14. The van der Waals surface area contributed by atoms with E-state index in [-0.39, 0.29) is 16.4 Å². The number of phenolic OH excluding ortho intramolecular Hbond substituents is 1. The number of hydrogen-bond donors (Lipinski definition) is 2. The minimum atomic E-state index is -0.159. The van der Waals surface area contributed by atoms with Gasteiger partial charge in [-0.2, -0.15) is 0 Å². The Morgan fingerprint density at radius 2 is 1.96 bits per heavy atom. The lowest BCUT2D eigenvalue weighted by Gasteiger charge is -2.39. The summed E-state index contributed by atoms with van der Waals surface area (Å²) in [7, 11) is 0. The van der Waals surface area contributed by atoms with Crippen LogP contribution in [0.4, 0.5) is 0 Å². The second kappa shape index (κ2) is 6.48. The molecule has 4 rings (SSSR count). The van der Waals surface area contributed by atoms with Crippen molar-refractivity contribution in [3.8, 4) is 5.75 Å². The number of nitrogens with one attached hydrogen (secondary N) is 1. The molecule has 2 aliphatic rings. The third-order valence-electron chi connectivity index (χ3n) is 6.21. The van der Waals surface area contributed by atoms with Gasteiger partial charge >= 0.3 is 0 Å². The molecule has 0 amide bonds. The zero-order valence-electron chi connectivity index (χ0n) is 16.5. The molecule has 1 saturated heterocycles. The second-order valence-corrected chi connectivity index (χ2v) is 9.22. The Labute approximate surface area is 160 Å². The summed E-state index contributed by atoms with van der Waals surface area (Å²) < 4.78 is 0. The van der Waals surface area contributed by atoms with Gasteiger partial charge in [0.05, 0.1) is 5.69 Å². The van der Waals surface area contributed by atoms with Crippen molar-refractivity contribution in [3.05, 3.63) is 57.3 Å². The van der Waals surface area contributed by atoms with Crippen LogP contribution in [0.5, 0.6) is 5.75 Å². The summed E-state index contributed by atoms with van der Waals surface area (Å²) in [6, 6.07) is 7.51. The highest BCUT2D eigenvalue weighted by Crippen LogP contribution is 2.44. The number of H-pyrrole nitrogens is 1. The third kappa shape index (κ3) is 3.41. The van der Waals surface area contributed by atoms with Crippen molar-refractivity contribution in [3.63, 3.8) is 0 Å². The summed E-state index contributed by atoms with van der Waals surface area (Å²) in [5.41, 5.74) is 3.07. The first-order chi connectivity index (χ1) is 12.8. The van der Waals surface area contributed by atoms with E-state index in [0.717, 1.165) is 68.0 Å².